The van der Waals surface area contributed by atoms with Gasteiger partial charge >= 0.3 is 0 Å². The van der Waals surface area contributed by atoms with Gasteiger partial charge in [-0.05, 0) is 49.3 Å². The summed E-state index contributed by atoms with van der Waals surface area (Å²) in [7, 11) is 0. The quantitative estimate of drug-likeness (QED) is 0.434. The molecule has 2 fully saturated rings. The summed E-state index contributed by atoms with van der Waals surface area (Å²) < 4.78 is 12.6. The van der Waals surface area contributed by atoms with Crippen LogP contribution in [0.2, 0.25) is 0 Å². The number of carbonyl (C=O) groups is 1. The normalized spacial score (nSPS) is 17.4. The summed E-state index contributed by atoms with van der Waals surface area (Å²) in [6.07, 6.45) is 5.29. The van der Waals surface area contributed by atoms with Crippen LogP contribution in [0.3, 0.4) is 0 Å². The fraction of sp³-hybridized carbons (Fsp3) is 0.538. The van der Waals surface area contributed by atoms with E-state index in [1.54, 1.807) is 4.52 Å². The molecule has 2 aliphatic rings. The number of hydrogen-bond acceptors (Lipinski definition) is 8. The largest absolute Gasteiger partial charge is 0.381 e. The molecule has 1 aromatic carbocycles. The summed E-state index contributed by atoms with van der Waals surface area (Å²) >= 11 is 0. The molecule has 3 aromatic rings. The number of carbonyl (C=O) groups excluding carboxylic acids is 1. The summed E-state index contributed by atoms with van der Waals surface area (Å²) in [6.45, 7) is 7.65. The second kappa shape index (κ2) is 11.2. The molecule has 36 heavy (non-hydrogen) atoms. The summed E-state index contributed by atoms with van der Waals surface area (Å²) in [5, 5.41) is 14.5. The molecule has 0 aliphatic carbocycles. The monoisotopic (exact) mass is 493 g/mol. The van der Waals surface area contributed by atoms with Crippen molar-refractivity contribution < 1.29 is 14.3 Å². The van der Waals surface area contributed by atoms with E-state index in [0.717, 1.165) is 61.4 Å². The number of rotatable bonds is 8. The highest BCUT2D eigenvalue weighted by Gasteiger charge is 2.22. The maximum atomic E-state index is 12.5. The summed E-state index contributed by atoms with van der Waals surface area (Å²) in [6, 6.07) is 8.19. The van der Waals surface area contributed by atoms with E-state index in [1.165, 1.54) is 0 Å². The number of hydrogen-bond donors (Lipinski definition) is 3. The summed E-state index contributed by atoms with van der Waals surface area (Å²) in [4.78, 5) is 22.0. The summed E-state index contributed by atoms with van der Waals surface area (Å²) in [5.41, 5.74) is 3.76. The number of benzene rings is 1. The second-order valence-electron chi connectivity index (χ2n) is 9.82. The van der Waals surface area contributed by atoms with Crippen LogP contribution < -0.4 is 16.0 Å². The standard InChI is InChI=1S/C26H35N7O3/c1-17(2)22-16-28-33-23(22)31-25(30-21-9-13-36-14-10-21)32-26(33)27-15-18-3-5-20(6-4-18)29-24(34)19-7-11-35-12-8-19/h3-6,16-17,19,21H,7-15H2,1-2H3,(H,29,34)(H2,27,30,31,32). The van der Waals surface area contributed by atoms with E-state index in [1.807, 2.05) is 30.5 Å². The molecule has 10 heteroatoms. The Hall–Kier alpha value is -3.24. The first kappa shape index (κ1) is 24.5. The third-order valence-electron chi connectivity index (χ3n) is 6.84. The van der Waals surface area contributed by atoms with Crippen LogP contribution in [0.15, 0.2) is 30.5 Å². The minimum Gasteiger partial charge on any atom is -0.381 e. The Morgan fingerprint density at radius 1 is 1.03 bits per heavy atom. The Bertz CT molecular complexity index is 1170. The lowest BCUT2D eigenvalue weighted by molar-refractivity contribution is -0.122. The molecule has 3 N–H and O–H groups in total. The molecule has 2 saturated heterocycles. The van der Waals surface area contributed by atoms with Crippen LogP contribution in [0.5, 0.6) is 0 Å². The van der Waals surface area contributed by atoms with Gasteiger partial charge in [-0.2, -0.15) is 19.6 Å². The number of nitrogens with zero attached hydrogens (tertiary/aromatic N) is 4. The topological polar surface area (TPSA) is 115 Å². The van der Waals surface area contributed by atoms with Crippen LogP contribution in [0.1, 0.15) is 56.6 Å². The molecule has 2 aliphatic heterocycles. The zero-order chi connectivity index (χ0) is 24.9. The van der Waals surface area contributed by atoms with Crippen molar-refractivity contribution in [3.63, 3.8) is 0 Å². The van der Waals surface area contributed by atoms with E-state index in [-0.39, 0.29) is 11.8 Å². The van der Waals surface area contributed by atoms with Crippen molar-refractivity contribution in [2.45, 2.75) is 58.0 Å². The van der Waals surface area contributed by atoms with Crippen molar-refractivity contribution in [1.29, 1.82) is 0 Å². The molecule has 10 nitrogen and oxygen atoms in total. The molecule has 5 rings (SSSR count). The fourth-order valence-electron chi connectivity index (χ4n) is 4.60. The number of ether oxygens (including phenoxy) is 2. The van der Waals surface area contributed by atoms with Crippen molar-refractivity contribution in [3.8, 4) is 0 Å². The van der Waals surface area contributed by atoms with Gasteiger partial charge in [0.15, 0.2) is 5.65 Å². The highest BCUT2D eigenvalue weighted by atomic mass is 16.5. The molecule has 2 aromatic heterocycles. The Morgan fingerprint density at radius 3 is 2.42 bits per heavy atom. The fourth-order valence-corrected chi connectivity index (χ4v) is 4.60. The minimum absolute atomic E-state index is 0.0222. The van der Waals surface area contributed by atoms with Crippen LogP contribution in [0.25, 0.3) is 5.65 Å². The van der Waals surface area contributed by atoms with E-state index in [2.05, 4.69) is 34.9 Å². The van der Waals surface area contributed by atoms with Crippen LogP contribution in [0.4, 0.5) is 17.6 Å². The van der Waals surface area contributed by atoms with Gasteiger partial charge in [-0.1, -0.05) is 26.0 Å². The number of amides is 1. The Balaban J connectivity index is 1.28. The first-order chi connectivity index (χ1) is 17.6. The highest BCUT2D eigenvalue weighted by molar-refractivity contribution is 5.92. The van der Waals surface area contributed by atoms with E-state index >= 15 is 0 Å². The van der Waals surface area contributed by atoms with Crippen LogP contribution in [-0.4, -0.2) is 58.0 Å². The van der Waals surface area contributed by atoms with Crippen LogP contribution in [-0.2, 0) is 20.8 Å². The van der Waals surface area contributed by atoms with Crippen LogP contribution in [0, 0.1) is 5.92 Å². The number of fused-ring (bicyclic) bond motifs is 1. The maximum absolute atomic E-state index is 12.5. The molecule has 0 unspecified atom stereocenters. The molecule has 1 amide bonds. The second-order valence-corrected chi connectivity index (χ2v) is 9.82. The molecule has 4 heterocycles. The minimum atomic E-state index is 0.0222. The van der Waals surface area contributed by atoms with Gasteiger partial charge in [-0.15, -0.1) is 0 Å². The number of nitrogens with one attached hydrogen (secondary N) is 3. The average Bonchev–Trinajstić information content (AvgIpc) is 3.34. The predicted molar refractivity (Wildman–Crippen MR) is 138 cm³/mol. The third-order valence-corrected chi connectivity index (χ3v) is 6.84. The lowest BCUT2D eigenvalue weighted by Crippen LogP contribution is -2.29. The highest BCUT2D eigenvalue weighted by Crippen LogP contribution is 2.24. The van der Waals surface area contributed by atoms with Crippen molar-refractivity contribution in [2.24, 2.45) is 5.92 Å². The van der Waals surface area contributed by atoms with Crippen molar-refractivity contribution in [1.82, 2.24) is 19.6 Å². The van der Waals surface area contributed by atoms with Crippen LogP contribution >= 0.6 is 0 Å². The third kappa shape index (κ3) is 5.76. The Morgan fingerprint density at radius 2 is 1.72 bits per heavy atom. The van der Waals surface area contributed by atoms with Crippen molar-refractivity contribution >= 4 is 29.1 Å². The lowest BCUT2D eigenvalue weighted by Gasteiger charge is -2.23. The van der Waals surface area contributed by atoms with Crippen molar-refractivity contribution in [3.05, 3.63) is 41.6 Å². The summed E-state index contributed by atoms with van der Waals surface area (Å²) in [5.74, 6) is 1.62. The molecule has 0 atom stereocenters. The van der Waals surface area contributed by atoms with Gasteiger partial charge in [-0.3, -0.25) is 4.79 Å². The predicted octanol–water partition coefficient (Wildman–Crippen LogP) is 3.82. The molecule has 0 radical (unpaired) electrons. The Labute approximate surface area is 211 Å². The molecule has 0 bridgehead atoms. The number of aromatic nitrogens is 4. The van der Waals surface area contributed by atoms with Gasteiger partial charge in [0, 0.05) is 56.2 Å². The van der Waals surface area contributed by atoms with E-state index in [9.17, 15) is 4.79 Å². The van der Waals surface area contributed by atoms with E-state index in [0.29, 0.717) is 43.6 Å². The van der Waals surface area contributed by atoms with E-state index < -0.39 is 0 Å². The molecule has 0 saturated carbocycles. The van der Waals surface area contributed by atoms with Gasteiger partial charge < -0.3 is 25.4 Å². The van der Waals surface area contributed by atoms with Gasteiger partial charge in [0.1, 0.15) is 0 Å². The average molecular weight is 494 g/mol. The SMILES string of the molecule is CC(C)c1cnn2c(NCc3ccc(NC(=O)C4CCOCC4)cc3)nc(NC3CCOCC3)nc12. The molecular formula is C26H35N7O3. The zero-order valence-corrected chi connectivity index (χ0v) is 21.0. The first-order valence-corrected chi connectivity index (χ1v) is 12.9. The Kier molecular flexibility index (Phi) is 7.62. The van der Waals surface area contributed by atoms with E-state index in [4.69, 9.17) is 19.4 Å². The van der Waals surface area contributed by atoms with Gasteiger partial charge in [0.2, 0.25) is 17.8 Å². The van der Waals surface area contributed by atoms with Gasteiger partial charge in [0.25, 0.3) is 0 Å². The molecule has 0 spiro atoms. The van der Waals surface area contributed by atoms with Gasteiger partial charge in [-0.25, -0.2) is 0 Å². The van der Waals surface area contributed by atoms with Crippen molar-refractivity contribution in [2.75, 3.05) is 42.4 Å². The number of anilines is 3. The lowest BCUT2D eigenvalue weighted by atomic mass is 9.99. The first-order valence-electron chi connectivity index (χ1n) is 12.9. The zero-order valence-electron chi connectivity index (χ0n) is 21.0. The van der Waals surface area contributed by atoms with Gasteiger partial charge in [0.05, 0.1) is 6.20 Å². The smallest absolute Gasteiger partial charge is 0.229 e. The maximum Gasteiger partial charge on any atom is 0.229 e. The molecule has 192 valence electrons. The molecular weight excluding hydrogens is 458 g/mol.